The average molecular weight is 236 g/mol. The molecule has 1 aromatic heterocycles. The van der Waals surface area contributed by atoms with Crippen molar-refractivity contribution in [1.29, 1.82) is 0 Å². The first-order valence-corrected chi connectivity index (χ1v) is 6.27. The number of amides is 2. The molecule has 1 aromatic rings. The third-order valence-electron chi connectivity index (χ3n) is 3.06. The Morgan fingerprint density at radius 1 is 1.41 bits per heavy atom. The van der Waals surface area contributed by atoms with Crippen molar-refractivity contribution in [1.82, 2.24) is 19.8 Å². The van der Waals surface area contributed by atoms with Crippen LogP contribution >= 0.6 is 0 Å². The molecule has 5 heteroatoms. The monoisotopic (exact) mass is 236 g/mol. The minimum Gasteiger partial charge on any atom is -0.335 e. The summed E-state index contributed by atoms with van der Waals surface area (Å²) < 4.78 is 1.97. The van der Waals surface area contributed by atoms with E-state index >= 15 is 0 Å². The first kappa shape index (κ1) is 12.0. The number of rotatable bonds is 3. The molecule has 1 aliphatic rings. The van der Waals surface area contributed by atoms with Crippen molar-refractivity contribution in [3.63, 3.8) is 0 Å². The molecule has 0 aromatic carbocycles. The van der Waals surface area contributed by atoms with Crippen molar-refractivity contribution in [2.75, 3.05) is 13.1 Å². The zero-order valence-corrected chi connectivity index (χ0v) is 10.3. The fourth-order valence-corrected chi connectivity index (χ4v) is 2.16. The lowest BCUT2D eigenvalue weighted by Crippen LogP contribution is -2.46. The number of imidazole rings is 1. The number of nitrogens with one attached hydrogen (secondary N) is 1. The molecule has 94 valence electrons. The van der Waals surface area contributed by atoms with Crippen LogP contribution in [0.15, 0.2) is 18.7 Å². The number of nitrogens with zero attached hydrogens (tertiary/aromatic N) is 3. The van der Waals surface area contributed by atoms with Crippen molar-refractivity contribution in [3.05, 3.63) is 18.7 Å². The number of likely N-dealkylation sites (tertiary alicyclic amines) is 1. The Hall–Kier alpha value is -1.52. The van der Waals surface area contributed by atoms with Crippen LogP contribution in [0.3, 0.4) is 0 Å². The minimum atomic E-state index is 0.0670. The number of hydrogen-bond acceptors (Lipinski definition) is 2. The zero-order chi connectivity index (χ0) is 12.1. The largest absolute Gasteiger partial charge is 0.335 e. The molecule has 0 bridgehead atoms. The SMILES string of the molecule is CC(Cn1ccnc1)NC(=O)N1CCCCC1. The molecule has 0 spiro atoms. The summed E-state index contributed by atoms with van der Waals surface area (Å²) in [4.78, 5) is 17.8. The molecular weight excluding hydrogens is 216 g/mol. The summed E-state index contributed by atoms with van der Waals surface area (Å²) in [5.74, 6) is 0. The minimum absolute atomic E-state index is 0.0670. The Morgan fingerprint density at radius 2 is 2.18 bits per heavy atom. The molecule has 2 rings (SSSR count). The van der Waals surface area contributed by atoms with E-state index in [0.29, 0.717) is 0 Å². The number of carbonyl (C=O) groups excluding carboxylic acids is 1. The molecule has 0 radical (unpaired) electrons. The molecule has 1 atom stereocenters. The van der Waals surface area contributed by atoms with Crippen LogP contribution < -0.4 is 5.32 Å². The Labute approximate surface area is 102 Å². The van der Waals surface area contributed by atoms with Gasteiger partial charge in [-0.25, -0.2) is 9.78 Å². The first-order valence-electron chi connectivity index (χ1n) is 6.27. The van der Waals surface area contributed by atoms with Crippen LogP contribution in [0.25, 0.3) is 0 Å². The van der Waals surface area contributed by atoms with Gasteiger partial charge in [-0.15, -0.1) is 0 Å². The van der Waals surface area contributed by atoms with E-state index in [2.05, 4.69) is 10.3 Å². The van der Waals surface area contributed by atoms with Gasteiger partial charge >= 0.3 is 6.03 Å². The van der Waals surface area contributed by atoms with Gasteiger partial charge < -0.3 is 14.8 Å². The maximum Gasteiger partial charge on any atom is 0.317 e. The number of aromatic nitrogens is 2. The average Bonchev–Trinajstić information content (AvgIpc) is 2.82. The smallest absolute Gasteiger partial charge is 0.317 e. The predicted octanol–water partition coefficient (Wildman–Crippen LogP) is 1.47. The highest BCUT2D eigenvalue weighted by Crippen LogP contribution is 2.08. The van der Waals surface area contributed by atoms with Gasteiger partial charge in [0.2, 0.25) is 0 Å². The van der Waals surface area contributed by atoms with Crippen molar-refractivity contribution < 1.29 is 4.79 Å². The molecule has 1 saturated heterocycles. The van der Waals surface area contributed by atoms with E-state index in [1.165, 1.54) is 6.42 Å². The summed E-state index contributed by atoms with van der Waals surface area (Å²) in [6.07, 6.45) is 8.92. The van der Waals surface area contributed by atoms with Crippen LogP contribution in [-0.2, 0) is 6.54 Å². The highest BCUT2D eigenvalue weighted by molar-refractivity contribution is 5.74. The van der Waals surface area contributed by atoms with E-state index < -0.39 is 0 Å². The summed E-state index contributed by atoms with van der Waals surface area (Å²) in [7, 11) is 0. The van der Waals surface area contributed by atoms with Gasteiger partial charge in [0.15, 0.2) is 0 Å². The van der Waals surface area contributed by atoms with Crippen molar-refractivity contribution in [2.45, 2.75) is 38.8 Å². The van der Waals surface area contributed by atoms with E-state index in [9.17, 15) is 4.79 Å². The quantitative estimate of drug-likeness (QED) is 0.864. The molecule has 1 N–H and O–H groups in total. The number of urea groups is 1. The van der Waals surface area contributed by atoms with Gasteiger partial charge in [-0.1, -0.05) is 0 Å². The highest BCUT2D eigenvalue weighted by atomic mass is 16.2. The second kappa shape index (κ2) is 5.70. The Balaban J connectivity index is 1.77. The zero-order valence-electron chi connectivity index (χ0n) is 10.3. The van der Waals surface area contributed by atoms with Gasteiger partial charge in [-0.3, -0.25) is 0 Å². The van der Waals surface area contributed by atoms with Crippen LogP contribution in [-0.4, -0.2) is 39.6 Å². The van der Waals surface area contributed by atoms with Gasteiger partial charge in [0, 0.05) is 38.1 Å². The summed E-state index contributed by atoms with van der Waals surface area (Å²) in [5.41, 5.74) is 0. The Kier molecular flexibility index (Phi) is 4.01. The van der Waals surface area contributed by atoms with Gasteiger partial charge in [0.25, 0.3) is 0 Å². The second-order valence-electron chi connectivity index (χ2n) is 4.66. The number of piperidine rings is 1. The molecule has 1 fully saturated rings. The van der Waals surface area contributed by atoms with Crippen LogP contribution in [0.1, 0.15) is 26.2 Å². The fraction of sp³-hybridized carbons (Fsp3) is 0.667. The van der Waals surface area contributed by atoms with E-state index in [-0.39, 0.29) is 12.1 Å². The van der Waals surface area contributed by atoms with E-state index in [1.807, 2.05) is 22.6 Å². The predicted molar refractivity (Wildman–Crippen MR) is 65.6 cm³/mol. The maximum absolute atomic E-state index is 11.9. The van der Waals surface area contributed by atoms with E-state index in [4.69, 9.17) is 0 Å². The summed E-state index contributed by atoms with van der Waals surface area (Å²) in [6, 6.07) is 0.191. The molecule has 17 heavy (non-hydrogen) atoms. The number of carbonyl (C=O) groups is 1. The lowest BCUT2D eigenvalue weighted by atomic mass is 10.1. The maximum atomic E-state index is 11.9. The molecule has 1 unspecified atom stereocenters. The highest BCUT2D eigenvalue weighted by Gasteiger charge is 2.17. The third-order valence-corrected chi connectivity index (χ3v) is 3.06. The standard InChI is InChI=1S/C12H20N4O/c1-11(9-15-8-5-13-10-15)14-12(17)16-6-3-2-4-7-16/h5,8,10-11H,2-4,6-7,9H2,1H3,(H,14,17). The normalized spacial score (nSPS) is 17.8. The van der Waals surface area contributed by atoms with Crippen molar-refractivity contribution in [3.8, 4) is 0 Å². The Bertz CT molecular complexity index is 343. The number of hydrogen-bond donors (Lipinski definition) is 1. The van der Waals surface area contributed by atoms with Gasteiger partial charge in [0.1, 0.15) is 0 Å². The lowest BCUT2D eigenvalue weighted by molar-refractivity contribution is 0.182. The van der Waals surface area contributed by atoms with Crippen molar-refractivity contribution >= 4 is 6.03 Å². The van der Waals surface area contributed by atoms with Crippen LogP contribution in [0, 0.1) is 0 Å². The summed E-state index contributed by atoms with van der Waals surface area (Å²) >= 11 is 0. The molecule has 0 aliphatic carbocycles. The summed E-state index contributed by atoms with van der Waals surface area (Å²) in [5, 5.41) is 3.03. The van der Waals surface area contributed by atoms with Gasteiger partial charge in [0.05, 0.1) is 6.33 Å². The van der Waals surface area contributed by atoms with E-state index in [0.717, 1.165) is 32.5 Å². The topological polar surface area (TPSA) is 50.2 Å². The molecule has 1 aliphatic heterocycles. The van der Waals surface area contributed by atoms with Gasteiger partial charge in [-0.2, -0.15) is 0 Å². The van der Waals surface area contributed by atoms with Gasteiger partial charge in [-0.05, 0) is 26.2 Å². The van der Waals surface area contributed by atoms with Crippen LogP contribution in [0.5, 0.6) is 0 Å². The second-order valence-corrected chi connectivity index (χ2v) is 4.66. The van der Waals surface area contributed by atoms with Crippen LogP contribution in [0.4, 0.5) is 4.79 Å². The Morgan fingerprint density at radius 3 is 2.82 bits per heavy atom. The molecular formula is C12H20N4O. The lowest BCUT2D eigenvalue weighted by Gasteiger charge is -2.28. The van der Waals surface area contributed by atoms with Crippen LogP contribution in [0.2, 0.25) is 0 Å². The molecule has 2 heterocycles. The molecule has 5 nitrogen and oxygen atoms in total. The summed E-state index contributed by atoms with van der Waals surface area (Å²) in [6.45, 7) is 4.56. The molecule has 0 saturated carbocycles. The van der Waals surface area contributed by atoms with Crippen molar-refractivity contribution in [2.24, 2.45) is 0 Å². The molecule has 2 amide bonds. The fourth-order valence-electron chi connectivity index (χ4n) is 2.16. The third kappa shape index (κ3) is 3.47. The van der Waals surface area contributed by atoms with E-state index in [1.54, 1.807) is 12.5 Å². The first-order chi connectivity index (χ1) is 8.25.